The number of ether oxygens (including phenoxy) is 2. The van der Waals surface area contributed by atoms with Gasteiger partial charge in [-0.1, -0.05) is 6.92 Å². The normalized spacial score (nSPS) is 10.2. The summed E-state index contributed by atoms with van der Waals surface area (Å²) < 4.78 is 10.6. The van der Waals surface area contributed by atoms with Crippen molar-refractivity contribution < 1.29 is 14.3 Å². The maximum Gasteiger partial charge on any atom is 0.196 e. The molecule has 0 radical (unpaired) electrons. The summed E-state index contributed by atoms with van der Waals surface area (Å²) in [6.07, 6.45) is 3.97. The number of nitrogens with two attached hydrogens (primary N) is 1. The average Bonchev–Trinajstić information content (AvgIpc) is 2.53. The fourth-order valence-electron chi connectivity index (χ4n) is 1.86. The molecule has 0 saturated carbocycles. The van der Waals surface area contributed by atoms with Crippen LogP contribution in [0.3, 0.4) is 0 Å². The number of carbonyl (C=O) groups excluding carboxylic acids is 1. The summed E-state index contributed by atoms with van der Waals surface area (Å²) in [6, 6.07) is 6.66. The molecule has 0 fully saturated rings. The van der Waals surface area contributed by atoms with E-state index in [9.17, 15) is 4.79 Å². The van der Waals surface area contributed by atoms with E-state index >= 15 is 0 Å². The molecule has 2 aromatic rings. The number of benzene rings is 1. The molecule has 2 N–H and O–H groups in total. The lowest BCUT2D eigenvalue weighted by Crippen LogP contribution is -2.07. The first-order valence-corrected chi connectivity index (χ1v) is 6.71. The second kappa shape index (κ2) is 6.74. The Kier molecular flexibility index (Phi) is 4.77. The number of nitrogens with zero attached hydrogens (tertiary/aromatic N) is 1. The molecule has 5 nitrogen and oxygen atoms in total. The zero-order valence-corrected chi connectivity index (χ0v) is 12.1. The highest BCUT2D eigenvalue weighted by Gasteiger charge is 2.14. The number of ketones is 1. The fourth-order valence-corrected chi connectivity index (χ4v) is 1.86. The predicted molar refractivity (Wildman–Crippen MR) is 80.9 cm³/mol. The first kappa shape index (κ1) is 14.8. The van der Waals surface area contributed by atoms with Gasteiger partial charge in [-0.3, -0.25) is 9.78 Å². The van der Waals surface area contributed by atoms with Gasteiger partial charge in [-0.15, -0.1) is 0 Å². The van der Waals surface area contributed by atoms with Crippen molar-refractivity contribution in [2.75, 3.05) is 19.5 Å². The minimum absolute atomic E-state index is 0.208. The fraction of sp³-hybridized carbons (Fsp3) is 0.250. The highest BCUT2D eigenvalue weighted by Crippen LogP contribution is 2.23. The number of aromatic nitrogens is 1. The van der Waals surface area contributed by atoms with Crippen molar-refractivity contribution in [3.8, 4) is 11.5 Å². The third-order valence-corrected chi connectivity index (χ3v) is 2.95. The van der Waals surface area contributed by atoms with Crippen molar-refractivity contribution in [2.24, 2.45) is 0 Å². The number of rotatable bonds is 6. The van der Waals surface area contributed by atoms with Gasteiger partial charge in [-0.2, -0.15) is 0 Å². The van der Waals surface area contributed by atoms with Crippen molar-refractivity contribution in [1.82, 2.24) is 4.98 Å². The molecule has 0 spiro atoms. The first-order chi connectivity index (χ1) is 10.2. The minimum Gasteiger partial charge on any atom is -0.497 e. The van der Waals surface area contributed by atoms with Crippen LogP contribution >= 0.6 is 0 Å². The molecule has 0 atom stereocenters. The molecule has 1 heterocycles. The van der Waals surface area contributed by atoms with E-state index in [4.69, 9.17) is 15.2 Å². The summed E-state index contributed by atoms with van der Waals surface area (Å²) >= 11 is 0. The van der Waals surface area contributed by atoms with Crippen molar-refractivity contribution in [2.45, 2.75) is 13.3 Å². The van der Waals surface area contributed by atoms with Crippen LogP contribution in [0.1, 0.15) is 29.3 Å². The number of hydrogen-bond acceptors (Lipinski definition) is 5. The molecule has 0 saturated heterocycles. The SMILES string of the molecule is CCCOc1cncc(C(=O)c2cc(OC)ccc2N)c1. The average molecular weight is 286 g/mol. The number of pyridine rings is 1. The highest BCUT2D eigenvalue weighted by atomic mass is 16.5. The minimum atomic E-state index is -0.208. The standard InChI is InChI=1S/C16H18N2O3/c1-3-6-21-13-7-11(9-18-10-13)16(19)14-8-12(20-2)4-5-15(14)17/h4-5,7-10H,3,6,17H2,1-2H3. The number of nitrogen functional groups attached to an aromatic ring is 1. The Labute approximate surface area is 123 Å². The van der Waals surface area contributed by atoms with Crippen molar-refractivity contribution in [3.05, 3.63) is 47.8 Å². The number of carbonyl (C=O) groups is 1. The summed E-state index contributed by atoms with van der Waals surface area (Å²) in [4.78, 5) is 16.6. The van der Waals surface area contributed by atoms with Gasteiger partial charge in [-0.05, 0) is 30.7 Å². The third-order valence-electron chi connectivity index (χ3n) is 2.95. The van der Waals surface area contributed by atoms with E-state index in [-0.39, 0.29) is 5.78 Å². The largest absolute Gasteiger partial charge is 0.497 e. The van der Waals surface area contributed by atoms with E-state index in [1.165, 1.54) is 6.20 Å². The van der Waals surface area contributed by atoms with Gasteiger partial charge in [-0.25, -0.2) is 0 Å². The molecule has 0 aliphatic rings. The summed E-state index contributed by atoms with van der Waals surface area (Å²) in [7, 11) is 1.54. The first-order valence-electron chi connectivity index (χ1n) is 6.71. The van der Waals surface area contributed by atoms with Gasteiger partial charge in [0.15, 0.2) is 5.78 Å². The second-order valence-corrected chi connectivity index (χ2v) is 4.54. The molecule has 5 heteroatoms. The highest BCUT2D eigenvalue weighted by molar-refractivity contribution is 6.12. The molecule has 0 aliphatic heterocycles. The van der Waals surface area contributed by atoms with Crippen LogP contribution in [0.2, 0.25) is 0 Å². The lowest BCUT2D eigenvalue weighted by Gasteiger charge is -2.09. The summed E-state index contributed by atoms with van der Waals surface area (Å²) in [5.74, 6) is 0.948. The molecule has 110 valence electrons. The van der Waals surface area contributed by atoms with E-state index in [0.29, 0.717) is 34.9 Å². The van der Waals surface area contributed by atoms with Crippen LogP contribution in [0.25, 0.3) is 0 Å². The van der Waals surface area contributed by atoms with Crippen molar-refractivity contribution in [3.63, 3.8) is 0 Å². The van der Waals surface area contributed by atoms with Crippen LogP contribution in [-0.4, -0.2) is 24.5 Å². The van der Waals surface area contributed by atoms with Gasteiger partial charge in [0, 0.05) is 23.0 Å². The van der Waals surface area contributed by atoms with Crippen LogP contribution in [0.5, 0.6) is 11.5 Å². The molecule has 1 aromatic carbocycles. The Morgan fingerprint density at radius 1 is 1.24 bits per heavy atom. The monoisotopic (exact) mass is 286 g/mol. The summed E-state index contributed by atoms with van der Waals surface area (Å²) in [5, 5.41) is 0. The lowest BCUT2D eigenvalue weighted by atomic mass is 10.0. The van der Waals surface area contributed by atoms with Gasteiger partial charge in [0.05, 0.1) is 19.9 Å². The van der Waals surface area contributed by atoms with Crippen LogP contribution in [0, 0.1) is 0 Å². The molecular formula is C16H18N2O3. The van der Waals surface area contributed by atoms with Gasteiger partial charge >= 0.3 is 0 Å². The molecule has 0 aliphatic carbocycles. The second-order valence-electron chi connectivity index (χ2n) is 4.54. The Bertz CT molecular complexity index is 641. The van der Waals surface area contributed by atoms with Gasteiger partial charge in [0.2, 0.25) is 0 Å². The van der Waals surface area contributed by atoms with E-state index in [1.807, 2.05) is 6.92 Å². The molecular weight excluding hydrogens is 268 g/mol. The maximum atomic E-state index is 12.5. The van der Waals surface area contributed by atoms with Crippen LogP contribution in [0.4, 0.5) is 5.69 Å². The van der Waals surface area contributed by atoms with E-state index in [2.05, 4.69) is 4.98 Å². The van der Waals surface area contributed by atoms with E-state index in [0.717, 1.165) is 6.42 Å². The van der Waals surface area contributed by atoms with Crippen LogP contribution in [0.15, 0.2) is 36.7 Å². The summed E-state index contributed by atoms with van der Waals surface area (Å²) in [5.41, 5.74) is 7.10. The molecule has 0 unspecified atom stereocenters. The summed E-state index contributed by atoms with van der Waals surface area (Å²) in [6.45, 7) is 2.60. The van der Waals surface area contributed by atoms with Gasteiger partial charge < -0.3 is 15.2 Å². The Morgan fingerprint density at radius 2 is 2.05 bits per heavy atom. The Balaban J connectivity index is 2.31. The van der Waals surface area contributed by atoms with E-state index < -0.39 is 0 Å². The molecule has 1 aromatic heterocycles. The Morgan fingerprint density at radius 3 is 2.76 bits per heavy atom. The molecule has 2 rings (SSSR count). The molecule has 0 amide bonds. The van der Waals surface area contributed by atoms with Crippen LogP contribution in [-0.2, 0) is 0 Å². The zero-order chi connectivity index (χ0) is 15.2. The number of hydrogen-bond donors (Lipinski definition) is 1. The van der Waals surface area contributed by atoms with Crippen LogP contribution < -0.4 is 15.2 Å². The number of methoxy groups -OCH3 is 1. The topological polar surface area (TPSA) is 74.4 Å². The Hall–Kier alpha value is -2.56. The lowest BCUT2D eigenvalue weighted by molar-refractivity contribution is 0.103. The predicted octanol–water partition coefficient (Wildman–Crippen LogP) is 2.69. The zero-order valence-electron chi connectivity index (χ0n) is 12.1. The number of anilines is 1. The van der Waals surface area contributed by atoms with Crippen molar-refractivity contribution >= 4 is 11.5 Å². The van der Waals surface area contributed by atoms with E-state index in [1.54, 1.807) is 37.6 Å². The maximum absolute atomic E-state index is 12.5. The van der Waals surface area contributed by atoms with Crippen molar-refractivity contribution in [1.29, 1.82) is 0 Å². The van der Waals surface area contributed by atoms with Gasteiger partial charge in [0.1, 0.15) is 11.5 Å². The quantitative estimate of drug-likeness (QED) is 0.652. The van der Waals surface area contributed by atoms with Gasteiger partial charge in [0.25, 0.3) is 0 Å². The molecule has 21 heavy (non-hydrogen) atoms. The molecule has 0 bridgehead atoms. The third kappa shape index (κ3) is 3.51. The smallest absolute Gasteiger partial charge is 0.196 e.